The second-order valence-electron chi connectivity index (χ2n) is 3.67. The van der Waals surface area contributed by atoms with Gasteiger partial charge in [-0.05, 0) is 27.7 Å². The van der Waals surface area contributed by atoms with E-state index in [9.17, 15) is 4.79 Å². The Morgan fingerprint density at radius 2 is 1.64 bits per heavy atom. The number of aliphatic carboxylic acids is 1. The molecule has 0 spiro atoms. The minimum atomic E-state index is -0.879. The zero-order valence-corrected chi connectivity index (χ0v) is 9.71. The average molecular weight is 200 g/mol. The molecular formula is C11H22NO2+. The number of carbonyl (C=O) groups is 1. The first-order chi connectivity index (χ1) is 6.45. The van der Waals surface area contributed by atoms with E-state index in [0.29, 0.717) is 5.57 Å². The normalized spacial score (nSPS) is 13.7. The van der Waals surface area contributed by atoms with Crippen LogP contribution in [0.25, 0.3) is 0 Å². The highest BCUT2D eigenvalue weighted by Gasteiger charge is 2.33. The number of likely N-dealkylation sites (N-methyl/N-ethyl adjacent to an activating group) is 1. The van der Waals surface area contributed by atoms with Crippen LogP contribution in [0.3, 0.4) is 0 Å². The van der Waals surface area contributed by atoms with E-state index in [1.807, 2.05) is 6.92 Å². The van der Waals surface area contributed by atoms with E-state index >= 15 is 0 Å². The van der Waals surface area contributed by atoms with E-state index in [0.717, 1.165) is 24.1 Å². The van der Waals surface area contributed by atoms with Gasteiger partial charge in [-0.25, -0.2) is 4.79 Å². The maximum atomic E-state index is 10.8. The van der Waals surface area contributed by atoms with Crippen molar-refractivity contribution in [2.45, 2.75) is 33.7 Å². The lowest BCUT2D eigenvalue weighted by Crippen LogP contribution is -2.55. The predicted octanol–water partition coefficient (Wildman–Crippen LogP) is 1.89. The molecule has 1 unspecified atom stereocenters. The fourth-order valence-electron chi connectivity index (χ4n) is 2.00. The van der Waals surface area contributed by atoms with Crippen LogP contribution in [0.15, 0.2) is 12.2 Å². The third-order valence-electron chi connectivity index (χ3n) is 3.49. The highest BCUT2D eigenvalue weighted by atomic mass is 16.4. The maximum Gasteiger partial charge on any atom is 0.336 e. The Labute approximate surface area is 86.6 Å². The van der Waals surface area contributed by atoms with Crippen LogP contribution < -0.4 is 0 Å². The summed E-state index contributed by atoms with van der Waals surface area (Å²) in [7, 11) is 0. The lowest BCUT2D eigenvalue weighted by atomic mass is 10.1. The molecular weight excluding hydrogens is 178 g/mol. The standard InChI is InChI=1S/C11H21NO2/c1-6-12(7-2,8-3)10(5)9(4)11(13)14/h10H,4,6-8H2,1-3,5H3/p+1. The lowest BCUT2D eigenvalue weighted by molar-refractivity contribution is -0.939. The Balaban J connectivity index is 4.84. The number of rotatable bonds is 6. The van der Waals surface area contributed by atoms with Gasteiger partial charge in [0, 0.05) is 0 Å². The molecule has 0 bridgehead atoms. The topological polar surface area (TPSA) is 37.3 Å². The molecule has 0 saturated heterocycles. The van der Waals surface area contributed by atoms with Gasteiger partial charge in [-0.15, -0.1) is 0 Å². The molecule has 0 aromatic carbocycles. The molecule has 0 fully saturated rings. The van der Waals surface area contributed by atoms with Gasteiger partial charge in [0.1, 0.15) is 6.04 Å². The molecule has 0 heterocycles. The molecule has 0 aliphatic carbocycles. The smallest absolute Gasteiger partial charge is 0.336 e. The van der Waals surface area contributed by atoms with Crippen LogP contribution in [0.2, 0.25) is 0 Å². The second-order valence-corrected chi connectivity index (χ2v) is 3.67. The first kappa shape index (κ1) is 13.2. The summed E-state index contributed by atoms with van der Waals surface area (Å²) in [5.41, 5.74) is 0.315. The Morgan fingerprint density at radius 1 is 1.29 bits per heavy atom. The molecule has 0 rings (SSSR count). The second kappa shape index (κ2) is 5.15. The number of carboxylic acids is 1. The summed E-state index contributed by atoms with van der Waals surface area (Å²) in [5.74, 6) is -0.879. The lowest BCUT2D eigenvalue weighted by Gasteiger charge is -2.41. The highest BCUT2D eigenvalue weighted by Crippen LogP contribution is 2.18. The van der Waals surface area contributed by atoms with Crippen molar-refractivity contribution in [3.8, 4) is 0 Å². The van der Waals surface area contributed by atoms with Crippen LogP contribution >= 0.6 is 0 Å². The van der Waals surface area contributed by atoms with Gasteiger partial charge < -0.3 is 9.59 Å². The largest absolute Gasteiger partial charge is 0.478 e. The van der Waals surface area contributed by atoms with E-state index in [4.69, 9.17) is 5.11 Å². The monoisotopic (exact) mass is 200 g/mol. The van der Waals surface area contributed by atoms with Gasteiger partial charge in [0.25, 0.3) is 0 Å². The van der Waals surface area contributed by atoms with E-state index in [1.165, 1.54) is 0 Å². The van der Waals surface area contributed by atoms with Crippen LogP contribution in [0.1, 0.15) is 27.7 Å². The first-order valence-electron chi connectivity index (χ1n) is 5.23. The van der Waals surface area contributed by atoms with Crippen LogP contribution in [0.4, 0.5) is 0 Å². The van der Waals surface area contributed by atoms with Gasteiger partial charge in [0.05, 0.1) is 25.2 Å². The molecule has 14 heavy (non-hydrogen) atoms. The van der Waals surface area contributed by atoms with Crippen molar-refractivity contribution in [2.24, 2.45) is 0 Å². The summed E-state index contributed by atoms with van der Waals surface area (Å²) in [6, 6.07) is -0.00694. The number of nitrogens with zero attached hydrogens (tertiary/aromatic N) is 1. The van der Waals surface area contributed by atoms with Crippen molar-refractivity contribution in [1.29, 1.82) is 0 Å². The SMILES string of the molecule is C=C(C(=O)O)C(C)[N+](CC)(CC)CC. The van der Waals surface area contributed by atoms with Crippen molar-refractivity contribution < 1.29 is 14.4 Å². The Hall–Kier alpha value is -0.830. The Bertz CT molecular complexity index is 211. The summed E-state index contributed by atoms with van der Waals surface area (Å²) < 4.78 is 0.797. The maximum absolute atomic E-state index is 10.8. The number of hydrogen-bond acceptors (Lipinski definition) is 1. The molecule has 0 aliphatic rings. The van der Waals surface area contributed by atoms with E-state index in [2.05, 4.69) is 27.4 Å². The van der Waals surface area contributed by atoms with Crippen molar-refractivity contribution >= 4 is 5.97 Å². The summed E-state index contributed by atoms with van der Waals surface area (Å²) in [6.45, 7) is 14.7. The van der Waals surface area contributed by atoms with Gasteiger partial charge in [0.2, 0.25) is 0 Å². The fraction of sp³-hybridized carbons (Fsp3) is 0.727. The Morgan fingerprint density at radius 3 is 1.86 bits per heavy atom. The zero-order valence-electron chi connectivity index (χ0n) is 9.71. The molecule has 82 valence electrons. The molecule has 0 aromatic heterocycles. The van der Waals surface area contributed by atoms with Crippen molar-refractivity contribution in [3.63, 3.8) is 0 Å². The molecule has 0 saturated carbocycles. The molecule has 3 nitrogen and oxygen atoms in total. The molecule has 0 aliphatic heterocycles. The first-order valence-corrected chi connectivity index (χ1v) is 5.23. The van der Waals surface area contributed by atoms with E-state index < -0.39 is 5.97 Å². The molecule has 0 amide bonds. The minimum absolute atomic E-state index is 0.00694. The minimum Gasteiger partial charge on any atom is -0.478 e. The van der Waals surface area contributed by atoms with Crippen LogP contribution in [0.5, 0.6) is 0 Å². The summed E-state index contributed by atoms with van der Waals surface area (Å²) in [5, 5.41) is 8.89. The molecule has 3 heteroatoms. The number of carboxylic acid groups (broad SMARTS) is 1. The molecule has 0 radical (unpaired) electrons. The number of quaternary nitrogens is 1. The van der Waals surface area contributed by atoms with Gasteiger partial charge in [-0.2, -0.15) is 0 Å². The predicted molar refractivity (Wildman–Crippen MR) is 58.1 cm³/mol. The van der Waals surface area contributed by atoms with Crippen molar-refractivity contribution in [3.05, 3.63) is 12.2 Å². The van der Waals surface area contributed by atoms with Gasteiger partial charge >= 0.3 is 5.97 Å². The quantitative estimate of drug-likeness (QED) is 0.525. The third kappa shape index (κ3) is 2.35. The molecule has 1 N–H and O–H groups in total. The van der Waals surface area contributed by atoms with E-state index in [-0.39, 0.29) is 6.04 Å². The zero-order chi connectivity index (χ0) is 11.4. The van der Waals surface area contributed by atoms with Crippen molar-refractivity contribution in [2.75, 3.05) is 19.6 Å². The van der Waals surface area contributed by atoms with Crippen LogP contribution in [-0.4, -0.2) is 41.2 Å². The van der Waals surface area contributed by atoms with Crippen LogP contribution in [-0.2, 0) is 4.79 Å². The average Bonchev–Trinajstić information content (AvgIpc) is 2.19. The molecule has 1 atom stereocenters. The summed E-state index contributed by atoms with van der Waals surface area (Å²) in [6.07, 6.45) is 0. The highest BCUT2D eigenvalue weighted by molar-refractivity contribution is 5.86. The van der Waals surface area contributed by atoms with Gasteiger partial charge in [-0.1, -0.05) is 6.58 Å². The fourth-order valence-corrected chi connectivity index (χ4v) is 2.00. The van der Waals surface area contributed by atoms with Crippen molar-refractivity contribution in [1.82, 2.24) is 0 Å². The number of hydrogen-bond donors (Lipinski definition) is 1. The van der Waals surface area contributed by atoms with Gasteiger partial charge in [-0.3, -0.25) is 0 Å². The third-order valence-corrected chi connectivity index (χ3v) is 3.49. The molecule has 0 aromatic rings. The van der Waals surface area contributed by atoms with E-state index in [1.54, 1.807) is 0 Å². The van der Waals surface area contributed by atoms with Gasteiger partial charge in [0.15, 0.2) is 0 Å². The summed E-state index contributed by atoms with van der Waals surface area (Å²) >= 11 is 0. The Kier molecular flexibility index (Phi) is 4.85. The van der Waals surface area contributed by atoms with Crippen LogP contribution in [0, 0.1) is 0 Å². The summed E-state index contributed by atoms with van der Waals surface area (Å²) in [4.78, 5) is 10.8.